The summed E-state index contributed by atoms with van der Waals surface area (Å²) >= 11 is 0. The molecule has 5 nitrogen and oxygen atoms in total. The fourth-order valence-electron chi connectivity index (χ4n) is 2.91. The Bertz CT molecular complexity index is 951. The van der Waals surface area contributed by atoms with Gasteiger partial charge in [-0.3, -0.25) is 4.79 Å². The van der Waals surface area contributed by atoms with Crippen LogP contribution in [-0.2, 0) is 11.2 Å². The van der Waals surface area contributed by atoms with Gasteiger partial charge in [0, 0.05) is 43.7 Å². The number of methoxy groups -OCH3 is 1. The highest BCUT2D eigenvalue weighted by Gasteiger charge is 2.09. The first kappa shape index (κ1) is 17.9. The Hall–Kier alpha value is -2.95. The van der Waals surface area contributed by atoms with Gasteiger partial charge in [0.15, 0.2) is 0 Å². The molecule has 2 heterocycles. The molecule has 0 N–H and O–H groups in total. The summed E-state index contributed by atoms with van der Waals surface area (Å²) in [5, 5.41) is 1.12. The Labute approximate surface area is 153 Å². The van der Waals surface area contributed by atoms with Gasteiger partial charge in [0.25, 0.3) is 0 Å². The van der Waals surface area contributed by atoms with Crippen molar-refractivity contribution in [2.75, 3.05) is 21.2 Å². The normalized spacial score (nSPS) is 10.8. The quantitative estimate of drug-likeness (QED) is 0.706. The molecule has 26 heavy (non-hydrogen) atoms. The van der Waals surface area contributed by atoms with Crippen LogP contribution in [0.3, 0.4) is 0 Å². The summed E-state index contributed by atoms with van der Waals surface area (Å²) in [5.74, 6) is 0.699. The summed E-state index contributed by atoms with van der Waals surface area (Å²) in [6.45, 7) is 2.08. The van der Waals surface area contributed by atoms with Gasteiger partial charge in [-0.15, -0.1) is 0 Å². The van der Waals surface area contributed by atoms with Crippen LogP contribution in [0.25, 0.3) is 22.2 Å². The van der Waals surface area contributed by atoms with Gasteiger partial charge in [-0.2, -0.15) is 0 Å². The third-order valence-corrected chi connectivity index (χ3v) is 4.45. The van der Waals surface area contributed by atoms with Crippen LogP contribution in [0.2, 0.25) is 0 Å². The van der Waals surface area contributed by atoms with Crippen LogP contribution in [0.15, 0.2) is 42.6 Å². The number of pyridine rings is 2. The summed E-state index contributed by atoms with van der Waals surface area (Å²) < 4.78 is 5.21. The summed E-state index contributed by atoms with van der Waals surface area (Å²) in [4.78, 5) is 22.4. The molecular formula is C21H23N3O2. The number of rotatable bonds is 5. The second-order valence-corrected chi connectivity index (χ2v) is 6.55. The highest BCUT2D eigenvalue weighted by Crippen LogP contribution is 2.26. The lowest BCUT2D eigenvalue weighted by Crippen LogP contribution is -2.21. The first-order chi connectivity index (χ1) is 12.5. The van der Waals surface area contributed by atoms with Crippen LogP contribution in [0.4, 0.5) is 0 Å². The number of aryl methyl sites for hydroxylation is 2. The molecule has 0 spiro atoms. The summed E-state index contributed by atoms with van der Waals surface area (Å²) in [6.07, 6.45) is 2.93. The molecule has 5 heteroatoms. The number of hydrogen-bond acceptors (Lipinski definition) is 4. The molecule has 0 saturated carbocycles. The van der Waals surface area contributed by atoms with Crippen molar-refractivity contribution in [2.24, 2.45) is 0 Å². The van der Waals surface area contributed by atoms with E-state index in [-0.39, 0.29) is 5.91 Å². The highest BCUT2D eigenvalue weighted by molar-refractivity contribution is 5.85. The molecule has 3 aromatic rings. The van der Waals surface area contributed by atoms with E-state index in [1.807, 2.05) is 12.1 Å². The second-order valence-electron chi connectivity index (χ2n) is 6.55. The Balaban J connectivity index is 1.96. The lowest BCUT2D eigenvalue weighted by atomic mass is 10.0. The molecule has 0 saturated heterocycles. The monoisotopic (exact) mass is 349 g/mol. The molecule has 3 rings (SSSR count). The lowest BCUT2D eigenvalue weighted by molar-refractivity contribution is -0.128. The molecule has 0 fully saturated rings. The molecule has 2 aromatic heterocycles. The van der Waals surface area contributed by atoms with E-state index in [2.05, 4.69) is 36.2 Å². The molecule has 0 bridgehead atoms. The number of ether oxygens (including phenoxy) is 1. The average molecular weight is 349 g/mol. The molecule has 134 valence electrons. The zero-order valence-corrected chi connectivity index (χ0v) is 15.6. The number of carbonyl (C=O) groups excluding carboxylic acids is 1. The third-order valence-electron chi connectivity index (χ3n) is 4.45. The smallest absolute Gasteiger partial charge is 0.222 e. The Morgan fingerprint density at radius 3 is 2.69 bits per heavy atom. The number of benzene rings is 1. The maximum Gasteiger partial charge on any atom is 0.222 e. The fraction of sp³-hybridized carbons (Fsp3) is 0.286. The maximum atomic E-state index is 11.8. The molecular weight excluding hydrogens is 326 g/mol. The first-order valence-electron chi connectivity index (χ1n) is 8.59. The van der Waals surface area contributed by atoms with E-state index in [0.717, 1.165) is 33.3 Å². The zero-order valence-electron chi connectivity index (χ0n) is 15.6. The average Bonchev–Trinajstić information content (AvgIpc) is 2.65. The third kappa shape index (κ3) is 3.82. The van der Waals surface area contributed by atoms with Crippen molar-refractivity contribution in [1.82, 2.24) is 14.9 Å². The van der Waals surface area contributed by atoms with Gasteiger partial charge >= 0.3 is 0 Å². The summed E-state index contributed by atoms with van der Waals surface area (Å²) in [6, 6.07) is 12.1. The maximum absolute atomic E-state index is 11.8. The van der Waals surface area contributed by atoms with E-state index in [9.17, 15) is 4.79 Å². The molecule has 1 amide bonds. The number of aromatic nitrogens is 2. The van der Waals surface area contributed by atoms with E-state index in [1.54, 1.807) is 32.3 Å². The van der Waals surface area contributed by atoms with Crippen molar-refractivity contribution >= 4 is 16.8 Å². The van der Waals surface area contributed by atoms with E-state index >= 15 is 0 Å². The Morgan fingerprint density at radius 1 is 1.15 bits per heavy atom. The van der Waals surface area contributed by atoms with Crippen molar-refractivity contribution in [3.8, 4) is 17.1 Å². The van der Waals surface area contributed by atoms with Crippen LogP contribution in [0.1, 0.15) is 17.5 Å². The fourth-order valence-corrected chi connectivity index (χ4v) is 2.91. The first-order valence-corrected chi connectivity index (χ1v) is 8.59. The van der Waals surface area contributed by atoms with Crippen molar-refractivity contribution in [3.05, 3.63) is 53.7 Å². The zero-order chi connectivity index (χ0) is 18.7. The lowest BCUT2D eigenvalue weighted by Gasteiger charge is -2.11. The minimum absolute atomic E-state index is 0.131. The van der Waals surface area contributed by atoms with E-state index in [4.69, 9.17) is 9.72 Å². The van der Waals surface area contributed by atoms with Gasteiger partial charge in [0.2, 0.25) is 11.8 Å². The topological polar surface area (TPSA) is 55.3 Å². The van der Waals surface area contributed by atoms with Crippen LogP contribution < -0.4 is 4.74 Å². The Kier molecular flexibility index (Phi) is 5.16. The van der Waals surface area contributed by atoms with E-state index in [1.165, 1.54) is 0 Å². The number of fused-ring (bicyclic) bond motifs is 1. The van der Waals surface area contributed by atoms with Gasteiger partial charge in [-0.05, 0) is 42.7 Å². The van der Waals surface area contributed by atoms with Gasteiger partial charge in [-0.1, -0.05) is 12.1 Å². The van der Waals surface area contributed by atoms with Crippen molar-refractivity contribution in [1.29, 1.82) is 0 Å². The van der Waals surface area contributed by atoms with E-state index in [0.29, 0.717) is 18.7 Å². The predicted molar refractivity (Wildman–Crippen MR) is 103 cm³/mol. The van der Waals surface area contributed by atoms with Gasteiger partial charge < -0.3 is 9.64 Å². The van der Waals surface area contributed by atoms with Crippen molar-refractivity contribution in [3.63, 3.8) is 0 Å². The highest BCUT2D eigenvalue weighted by atomic mass is 16.5. The van der Waals surface area contributed by atoms with Crippen molar-refractivity contribution in [2.45, 2.75) is 19.8 Å². The van der Waals surface area contributed by atoms with Crippen LogP contribution in [0, 0.1) is 6.92 Å². The molecule has 0 atom stereocenters. The van der Waals surface area contributed by atoms with Crippen LogP contribution >= 0.6 is 0 Å². The number of hydrogen-bond donors (Lipinski definition) is 0. The minimum Gasteiger partial charge on any atom is -0.481 e. The molecule has 0 unspecified atom stereocenters. The molecule has 0 aliphatic rings. The predicted octanol–water partition coefficient (Wildman–Crippen LogP) is 3.63. The number of amides is 1. The largest absolute Gasteiger partial charge is 0.481 e. The summed E-state index contributed by atoms with van der Waals surface area (Å²) in [7, 11) is 5.16. The van der Waals surface area contributed by atoms with Crippen LogP contribution in [-0.4, -0.2) is 42.0 Å². The minimum atomic E-state index is 0.131. The van der Waals surface area contributed by atoms with Crippen molar-refractivity contribution < 1.29 is 9.53 Å². The second kappa shape index (κ2) is 7.52. The molecule has 0 aliphatic heterocycles. The van der Waals surface area contributed by atoms with Gasteiger partial charge in [0.05, 0.1) is 18.3 Å². The molecule has 0 aliphatic carbocycles. The van der Waals surface area contributed by atoms with Gasteiger partial charge in [-0.25, -0.2) is 9.97 Å². The van der Waals surface area contributed by atoms with E-state index < -0.39 is 0 Å². The molecule has 1 aromatic carbocycles. The molecule has 0 radical (unpaired) electrons. The summed E-state index contributed by atoms with van der Waals surface area (Å²) in [5.41, 5.74) is 5.07. The number of nitrogens with zero attached hydrogens (tertiary/aromatic N) is 3. The number of carbonyl (C=O) groups is 1. The standard InChI is InChI=1S/C21H23N3O2/c1-14-11-18(16-9-10-22-20(13-16)26-4)23-19-12-15(5-7-17(14)19)6-8-21(25)24(2)3/h5,7,9-13H,6,8H2,1-4H3. The Morgan fingerprint density at radius 2 is 1.96 bits per heavy atom. The van der Waals surface area contributed by atoms with Gasteiger partial charge in [0.1, 0.15) is 0 Å². The SMILES string of the molecule is COc1cc(-c2cc(C)c3ccc(CCC(=O)N(C)C)cc3n2)ccn1. The van der Waals surface area contributed by atoms with Crippen LogP contribution in [0.5, 0.6) is 5.88 Å².